The molecule has 4 unspecified atom stereocenters. The molecular formula is C27H28ClN3O2. The molecule has 1 aromatic carbocycles. The van der Waals surface area contributed by atoms with E-state index in [4.69, 9.17) is 21.0 Å². The summed E-state index contributed by atoms with van der Waals surface area (Å²) in [7, 11) is 0. The van der Waals surface area contributed by atoms with Gasteiger partial charge in [-0.25, -0.2) is 9.97 Å². The highest BCUT2D eigenvalue weighted by molar-refractivity contribution is 6.30. The molecule has 2 aromatic heterocycles. The van der Waals surface area contributed by atoms with Crippen molar-refractivity contribution in [2.24, 2.45) is 11.8 Å². The average molecular weight is 462 g/mol. The van der Waals surface area contributed by atoms with E-state index in [2.05, 4.69) is 10.3 Å². The molecule has 5 nitrogen and oxygen atoms in total. The van der Waals surface area contributed by atoms with Crippen molar-refractivity contribution in [2.75, 3.05) is 0 Å². The molecule has 0 radical (unpaired) electrons. The largest absolute Gasteiger partial charge is 0.440 e. The number of halogens is 1. The molecule has 0 spiro atoms. The maximum absolute atomic E-state index is 13.3. The van der Waals surface area contributed by atoms with E-state index in [-0.39, 0.29) is 16.9 Å². The minimum absolute atomic E-state index is 0.0631. The first-order chi connectivity index (χ1) is 15.9. The first kappa shape index (κ1) is 20.9. The number of nitrogens with one attached hydrogen (secondary N) is 1. The number of aromatic nitrogens is 2. The van der Waals surface area contributed by atoms with E-state index in [1.807, 2.05) is 49.5 Å². The number of hydrogen-bond acceptors (Lipinski definition) is 4. The van der Waals surface area contributed by atoms with Crippen molar-refractivity contribution in [3.8, 4) is 11.3 Å². The Balaban J connectivity index is 1.34. The number of benzene rings is 1. The lowest BCUT2D eigenvalue weighted by atomic mass is 9.69. The van der Waals surface area contributed by atoms with Crippen LogP contribution in [0.15, 0.2) is 53.1 Å². The first-order valence-electron chi connectivity index (χ1n) is 11.9. The van der Waals surface area contributed by atoms with E-state index >= 15 is 0 Å². The highest BCUT2D eigenvalue weighted by Gasteiger charge is 2.62. The van der Waals surface area contributed by atoms with Crippen LogP contribution in [0, 0.1) is 18.8 Å². The van der Waals surface area contributed by atoms with Gasteiger partial charge in [-0.1, -0.05) is 42.6 Å². The van der Waals surface area contributed by atoms with Crippen LogP contribution >= 0.6 is 11.6 Å². The SMILES string of the molecule is Cc1cccc(C(=O)NC23CCCC4CC2CC(c2ncc(-c5cccc(Cl)c5)o2)(C4)C3)n1. The lowest BCUT2D eigenvalue weighted by Crippen LogP contribution is -2.51. The topological polar surface area (TPSA) is 68.0 Å². The molecule has 0 saturated heterocycles. The molecule has 6 heteroatoms. The van der Waals surface area contributed by atoms with Crippen LogP contribution < -0.4 is 5.32 Å². The van der Waals surface area contributed by atoms with E-state index < -0.39 is 0 Å². The Kier molecular flexibility index (Phi) is 4.88. The highest BCUT2D eigenvalue weighted by Crippen LogP contribution is 2.62. The fourth-order valence-corrected chi connectivity index (χ4v) is 7.11. The van der Waals surface area contributed by atoms with Gasteiger partial charge >= 0.3 is 0 Å². The van der Waals surface area contributed by atoms with Crippen LogP contribution in [0.4, 0.5) is 0 Å². The summed E-state index contributed by atoms with van der Waals surface area (Å²) in [6.07, 6.45) is 9.35. The van der Waals surface area contributed by atoms with Crippen LogP contribution in [0.2, 0.25) is 5.02 Å². The molecule has 170 valence electrons. The van der Waals surface area contributed by atoms with Crippen LogP contribution in [0.1, 0.15) is 67.0 Å². The van der Waals surface area contributed by atoms with Crippen molar-refractivity contribution in [2.45, 2.75) is 62.8 Å². The van der Waals surface area contributed by atoms with Gasteiger partial charge in [-0.2, -0.15) is 0 Å². The Morgan fingerprint density at radius 3 is 2.94 bits per heavy atom. The van der Waals surface area contributed by atoms with Gasteiger partial charge in [-0.3, -0.25) is 4.79 Å². The number of hydrogen-bond donors (Lipinski definition) is 1. The molecule has 2 heterocycles. The Morgan fingerprint density at radius 1 is 1.21 bits per heavy atom. The van der Waals surface area contributed by atoms with E-state index in [1.165, 1.54) is 12.8 Å². The molecule has 1 amide bonds. The van der Waals surface area contributed by atoms with Gasteiger partial charge in [0.25, 0.3) is 5.91 Å². The first-order valence-corrected chi connectivity index (χ1v) is 12.3. The van der Waals surface area contributed by atoms with Crippen molar-refractivity contribution < 1.29 is 9.21 Å². The van der Waals surface area contributed by atoms with E-state index in [1.54, 1.807) is 6.07 Å². The summed E-state index contributed by atoms with van der Waals surface area (Å²) in [4.78, 5) is 22.5. The molecule has 3 bridgehead atoms. The van der Waals surface area contributed by atoms with Crippen molar-refractivity contribution in [3.05, 3.63) is 71.0 Å². The lowest BCUT2D eigenvalue weighted by molar-refractivity contribution is 0.0856. The van der Waals surface area contributed by atoms with Gasteiger partial charge < -0.3 is 9.73 Å². The number of carbonyl (C=O) groups excluding carboxylic acids is 1. The Morgan fingerprint density at radius 2 is 2.09 bits per heavy atom. The third kappa shape index (κ3) is 3.57. The van der Waals surface area contributed by atoms with Crippen LogP contribution in [0.5, 0.6) is 0 Å². The van der Waals surface area contributed by atoms with Gasteiger partial charge in [-0.05, 0) is 75.1 Å². The van der Waals surface area contributed by atoms with Gasteiger partial charge in [0.15, 0.2) is 5.76 Å². The summed E-state index contributed by atoms with van der Waals surface area (Å²) in [5.74, 6) is 2.60. The van der Waals surface area contributed by atoms with E-state index in [0.717, 1.165) is 55.0 Å². The highest BCUT2D eigenvalue weighted by atomic mass is 35.5. The second-order valence-corrected chi connectivity index (χ2v) is 10.8. The number of carbonyl (C=O) groups is 1. The Labute approximate surface area is 199 Å². The minimum Gasteiger partial charge on any atom is -0.440 e. The quantitative estimate of drug-likeness (QED) is 0.509. The summed E-state index contributed by atoms with van der Waals surface area (Å²) in [6, 6.07) is 13.3. The van der Waals surface area contributed by atoms with Crippen molar-refractivity contribution in [1.29, 1.82) is 0 Å². The maximum atomic E-state index is 13.3. The summed E-state index contributed by atoms with van der Waals surface area (Å²) in [6.45, 7) is 1.92. The number of fused-ring (bicyclic) bond motifs is 2. The number of pyridine rings is 1. The number of rotatable bonds is 4. The third-order valence-electron chi connectivity index (χ3n) is 8.16. The lowest BCUT2D eigenvalue weighted by Gasteiger charge is -2.35. The van der Waals surface area contributed by atoms with Gasteiger partial charge in [0, 0.05) is 27.2 Å². The van der Waals surface area contributed by atoms with Crippen LogP contribution in [0.3, 0.4) is 0 Å². The molecular weight excluding hydrogens is 434 g/mol. The number of amides is 1. The molecule has 1 N–H and O–H groups in total. The second-order valence-electron chi connectivity index (χ2n) is 10.4. The molecule has 33 heavy (non-hydrogen) atoms. The van der Waals surface area contributed by atoms with Crippen molar-refractivity contribution in [3.63, 3.8) is 0 Å². The van der Waals surface area contributed by atoms with Crippen LogP contribution in [-0.4, -0.2) is 21.4 Å². The van der Waals surface area contributed by atoms with E-state index in [0.29, 0.717) is 22.6 Å². The summed E-state index contributed by atoms with van der Waals surface area (Å²) in [5.41, 5.74) is 1.95. The van der Waals surface area contributed by atoms with Crippen molar-refractivity contribution in [1.82, 2.24) is 15.3 Å². The summed E-state index contributed by atoms with van der Waals surface area (Å²) < 4.78 is 6.41. The molecule has 3 aliphatic carbocycles. The van der Waals surface area contributed by atoms with Crippen molar-refractivity contribution >= 4 is 17.5 Å². The van der Waals surface area contributed by atoms with E-state index in [9.17, 15) is 4.79 Å². The van der Waals surface area contributed by atoms with Crippen LogP contribution in [-0.2, 0) is 5.41 Å². The summed E-state index contributed by atoms with van der Waals surface area (Å²) in [5, 5.41) is 4.17. The third-order valence-corrected chi connectivity index (χ3v) is 8.39. The Bertz CT molecular complexity index is 1220. The predicted octanol–water partition coefficient (Wildman–Crippen LogP) is 6.11. The molecule has 3 aliphatic rings. The molecule has 3 aromatic rings. The fraction of sp³-hybridized carbons (Fsp3) is 0.444. The zero-order valence-electron chi connectivity index (χ0n) is 18.8. The minimum atomic E-state index is -0.224. The monoisotopic (exact) mass is 461 g/mol. The van der Waals surface area contributed by atoms with Gasteiger partial charge in [-0.15, -0.1) is 0 Å². The predicted molar refractivity (Wildman–Crippen MR) is 127 cm³/mol. The van der Waals surface area contributed by atoms with Gasteiger partial charge in [0.1, 0.15) is 5.69 Å². The van der Waals surface area contributed by atoms with Gasteiger partial charge in [0.05, 0.1) is 6.20 Å². The standard InChI is InChI=1S/C27H28ClN3O2/c1-17-5-2-9-22(30-17)24(32)31-27-10-4-6-18-11-20(27)14-26(13-18,16-27)25-29-15-23(33-25)19-7-3-8-21(28)12-19/h2-3,5,7-9,12,15,18,20H,4,6,10-11,13-14,16H2,1H3,(H,31,32). The normalized spacial score (nSPS) is 30.2. The number of nitrogens with zero attached hydrogens (tertiary/aromatic N) is 2. The zero-order valence-corrected chi connectivity index (χ0v) is 19.6. The molecule has 3 saturated carbocycles. The zero-order chi connectivity index (χ0) is 22.6. The summed E-state index contributed by atoms with van der Waals surface area (Å²) >= 11 is 6.20. The number of aryl methyl sites for hydroxylation is 1. The molecule has 3 fully saturated rings. The Hall–Kier alpha value is -2.66. The molecule has 0 aliphatic heterocycles. The van der Waals surface area contributed by atoms with Gasteiger partial charge in [0.2, 0.25) is 5.89 Å². The average Bonchev–Trinajstić information content (AvgIpc) is 3.33. The van der Waals surface area contributed by atoms with Crippen LogP contribution in [0.25, 0.3) is 11.3 Å². The fourth-order valence-electron chi connectivity index (χ4n) is 6.92. The maximum Gasteiger partial charge on any atom is 0.270 e. The number of oxazole rings is 1. The smallest absolute Gasteiger partial charge is 0.270 e. The molecule has 6 rings (SSSR count). The second kappa shape index (κ2) is 7.69. The molecule has 4 atom stereocenters.